The molecule has 16 heavy (non-hydrogen) atoms. The van der Waals surface area contributed by atoms with Crippen molar-refractivity contribution in [3.8, 4) is 11.4 Å². The van der Waals surface area contributed by atoms with Crippen molar-refractivity contribution >= 4 is 11.6 Å². The summed E-state index contributed by atoms with van der Waals surface area (Å²) in [5.41, 5.74) is 3.35. The van der Waals surface area contributed by atoms with E-state index in [2.05, 4.69) is 9.97 Å². The van der Waals surface area contributed by atoms with Gasteiger partial charge in [-0.05, 0) is 35.4 Å². The van der Waals surface area contributed by atoms with E-state index in [1.807, 2.05) is 18.2 Å². The van der Waals surface area contributed by atoms with Crippen LogP contribution in [0, 0.1) is 0 Å². The van der Waals surface area contributed by atoms with Gasteiger partial charge in [-0.1, -0.05) is 0 Å². The lowest BCUT2D eigenvalue weighted by atomic mass is 10.1. The molecule has 2 aromatic heterocycles. The summed E-state index contributed by atoms with van der Waals surface area (Å²) in [4.78, 5) is 8.45. The van der Waals surface area contributed by atoms with Gasteiger partial charge in [0.1, 0.15) is 0 Å². The topological polar surface area (TPSA) is 46.0 Å². The molecule has 0 saturated carbocycles. The van der Waals surface area contributed by atoms with Crippen LogP contribution in [0.5, 0.6) is 0 Å². The van der Waals surface area contributed by atoms with E-state index in [0.717, 1.165) is 22.5 Å². The van der Waals surface area contributed by atoms with E-state index in [4.69, 9.17) is 16.7 Å². The molecule has 0 saturated heterocycles. The van der Waals surface area contributed by atoms with Gasteiger partial charge < -0.3 is 5.11 Å². The average molecular weight is 235 g/mol. The third-order valence-corrected chi connectivity index (χ3v) is 2.56. The predicted molar refractivity (Wildman–Crippen MR) is 62.9 cm³/mol. The highest BCUT2D eigenvalue weighted by Gasteiger charge is 2.02. The van der Waals surface area contributed by atoms with Crippen LogP contribution in [0.15, 0.2) is 36.7 Å². The highest BCUT2D eigenvalue weighted by atomic mass is 35.5. The molecule has 0 spiro atoms. The number of alkyl halides is 1. The highest BCUT2D eigenvalue weighted by Crippen LogP contribution is 2.17. The van der Waals surface area contributed by atoms with Crippen molar-refractivity contribution in [2.75, 3.05) is 0 Å². The van der Waals surface area contributed by atoms with Crippen LogP contribution in [-0.2, 0) is 12.5 Å². The number of rotatable bonds is 3. The van der Waals surface area contributed by atoms with E-state index in [0.29, 0.717) is 5.88 Å². The summed E-state index contributed by atoms with van der Waals surface area (Å²) in [6, 6.07) is 7.36. The Kier molecular flexibility index (Phi) is 3.49. The lowest BCUT2D eigenvalue weighted by Crippen LogP contribution is -1.91. The molecule has 0 amide bonds. The fraction of sp³-hybridized carbons (Fsp3) is 0.167. The Morgan fingerprint density at radius 2 is 1.56 bits per heavy atom. The quantitative estimate of drug-likeness (QED) is 0.830. The number of aliphatic hydroxyl groups excluding tert-OH is 1. The van der Waals surface area contributed by atoms with Gasteiger partial charge in [0, 0.05) is 18.3 Å². The molecular formula is C12H11ClN2O. The maximum atomic E-state index is 9.04. The van der Waals surface area contributed by atoms with E-state index in [1.54, 1.807) is 18.5 Å². The smallest absolute Gasteiger partial charge is 0.0889 e. The lowest BCUT2D eigenvalue weighted by Gasteiger charge is -2.03. The van der Waals surface area contributed by atoms with Crippen LogP contribution in [0.3, 0.4) is 0 Å². The summed E-state index contributed by atoms with van der Waals surface area (Å²) in [6.45, 7) is 0.00468. The molecule has 2 rings (SSSR count). The Morgan fingerprint density at radius 3 is 2.12 bits per heavy atom. The van der Waals surface area contributed by atoms with E-state index in [9.17, 15) is 0 Å². The Labute approximate surface area is 98.8 Å². The Hall–Kier alpha value is -1.45. The van der Waals surface area contributed by atoms with Crippen LogP contribution in [0.1, 0.15) is 11.1 Å². The average Bonchev–Trinajstić information content (AvgIpc) is 2.39. The molecule has 1 N–H and O–H groups in total. The van der Waals surface area contributed by atoms with Crippen LogP contribution in [0.4, 0.5) is 0 Å². The van der Waals surface area contributed by atoms with Crippen LogP contribution < -0.4 is 0 Å². The number of pyridine rings is 2. The molecule has 2 heterocycles. The van der Waals surface area contributed by atoms with Crippen molar-refractivity contribution in [3.63, 3.8) is 0 Å². The summed E-state index contributed by atoms with van der Waals surface area (Å²) < 4.78 is 0. The Morgan fingerprint density at radius 1 is 1.00 bits per heavy atom. The highest BCUT2D eigenvalue weighted by molar-refractivity contribution is 6.17. The van der Waals surface area contributed by atoms with Crippen LogP contribution in [-0.4, -0.2) is 15.1 Å². The summed E-state index contributed by atoms with van der Waals surface area (Å²) >= 11 is 5.76. The van der Waals surface area contributed by atoms with Crippen LogP contribution in [0.2, 0.25) is 0 Å². The molecule has 0 bridgehead atoms. The van der Waals surface area contributed by atoms with Crippen molar-refractivity contribution in [1.82, 2.24) is 9.97 Å². The number of halogens is 1. The van der Waals surface area contributed by atoms with Gasteiger partial charge >= 0.3 is 0 Å². The van der Waals surface area contributed by atoms with E-state index in [-0.39, 0.29) is 6.61 Å². The molecule has 82 valence electrons. The standard InChI is InChI=1S/C12H11ClN2O/c13-7-9-1-3-14-11(5-9)12-6-10(8-16)2-4-15-12/h1-6,16H,7-8H2. The Bertz CT molecular complexity index is 442. The molecule has 0 atom stereocenters. The molecule has 0 radical (unpaired) electrons. The SMILES string of the molecule is OCc1ccnc(-c2cc(CCl)ccn2)c1. The van der Waals surface area contributed by atoms with E-state index >= 15 is 0 Å². The first-order chi connectivity index (χ1) is 7.83. The fourth-order valence-corrected chi connectivity index (χ4v) is 1.58. The van der Waals surface area contributed by atoms with Gasteiger partial charge in [-0.25, -0.2) is 0 Å². The van der Waals surface area contributed by atoms with Gasteiger partial charge in [-0.3, -0.25) is 9.97 Å². The maximum Gasteiger partial charge on any atom is 0.0889 e. The first-order valence-corrected chi connectivity index (χ1v) is 5.44. The zero-order valence-corrected chi connectivity index (χ0v) is 9.35. The van der Waals surface area contributed by atoms with Gasteiger partial charge in [0.15, 0.2) is 0 Å². The van der Waals surface area contributed by atoms with Crippen molar-refractivity contribution in [1.29, 1.82) is 0 Å². The molecule has 0 aromatic carbocycles. The molecule has 0 aliphatic carbocycles. The summed E-state index contributed by atoms with van der Waals surface area (Å²) in [5, 5.41) is 9.04. The molecular weight excluding hydrogens is 224 g/mol. The number of hydrogen-bond donors (Lipinski definition) is 1. The monoisotopic (exact) mass is 234 g/mol. The van der Waals surface area contributed by atoms with Crippen LogP contribution >= 0.6 is 11.6 Å². The zero-order chi connectivity index (χ0) is 11.4. The number of hydrogen-bond acceptors (Lipinski definition) is 3. The molecule has 2 aromatic rings. The molecule has 0 unspecified atom stereocenters. The van der Waals surface area contributed by atoms with Crippen molar-refractivity contribution in [2.45, 2.75) is 12.5 Å². The number of aromatic nitrogens is 2. The summed E-state index contributed by atoms with van der Waals surface area (Å²) in [6.07, 6.45) is 3.37. The minimum atomic E-state index is 0.00468. The molecule has 0 aliphatic heterocycles. The van der Waals surface area contributed by atoms with Crippen LogP contribution in [0.25, 0.3) is 11.4 Å². The molecule has 0 aliphatic rings. The second-order valence-corrected chi connectivity index (χ2v) is 3.66. The lowest BCUT2D eigenvalue weighted by molar-refractivity contribution is 0.282. The molecule has 0 fully saturated rings. The minimum absolute atomic E-state index is 0.00468. The molecule has 3 nitrogen and oxygen atoms in total. The fourth-order valence-electron chi connectivity index (χ4n) is 1.41. The second-order valence-electron chi connectivity index (χ2n) is 3.39. The first kappa shape index (κ1) is 11.0. The van der Waals surface area contributed by atoms with Gasteiger partial charge in [0.25, 0.3) is 0 Å². The summed E-state index contributed by atoms with van der Waals surface area (Å²) in [5.74, 6) is 0.454. The van der Waals surface area contributed by atoms with E-state index < -0.39 is 0 Å². The van der Waals surface area contributed by atoms with Crippen molar-refractivity contribution < 1.29 is 5.11 Å². The third kappa shape index (κ3) is 2.38. The third-order valence-electron chi connectivity index (χ3n) is 2.25. The molecule has 4 heteroatoms. The number of aliphatic hydroxyl groups is 1. The predicted octanol–water partition coefficient (Wildman–Crippen LogP) is 2.37. The Balaban J connectivity index is 2.41. The maximum absolute atomic E-state index is 9.04. The number of nitrogens with zero attached hydrogens (tertiary/aromatic N) is 2. The van der Waals surface area contributed by atoms with E-state index in [1.165, 1.54) is 0 Å². The minimum Gasteiger partial charge on any atom is -0.392 e. The van der Waals surface area contributed by atoms with Gasteiger partial charge in [-0.15, -0.1) is 11.6 Å². The van der Waals surface area contributed by atoms with Crippen molar-refractivity contribution in [2.24, 2.45) is 0 Å². The first-order valence-electron chi connectivity index (χ1n) is 4.90. The van der Waals surface area contributed by atoms with Gasteiger partial charge in [-0.2, -0.15) is 0 Å². The summed E-state index contributed by atoms with van der Waals surface area (Å²) in [7, 11) is 0. The van der Waals surface area contributed by atoms with Gasteiger partial charge in [0.05, 0.1) is 18.0 Å². The largest absolute Gasteiger partial charge is 0.392 e. The second kappa shape index (κ2) is 5.05. The van der Waals surface area contributed by atoms with Crippen molar-refractivity contribution in [3.05, 3.63) is 47.8 Å². The normalized spacial score (nSPS) is 10.4. The zero-order valence-electron chi connectivity index (χ0n) is 8.60. The van der Waals surface area contributed by atoms with Gasteiger partial charge in [0.2, 0.25) is 0 Å².